The predicted octanol–water partition coefficient (Wildman–Crippen LogP) is 3.27. The zero-order valence-corrected chi connectivity index (χ0v) is 18.9. The molecule has 0 fully saturated rings. The summed E-state index contributed by atoms with van der Waals surface area (Å²) >= 11 is 0. The van der Waals surface area contributed by atoms with Crippen molar-refractivity contribution in [2.24, 2.45) is 0 Å². The molecule has 0 bridgehead atoms. The Morgan fingerprint density at radius 1 is 1.09 bits per heavy atom. The first-order valence-corrected chi connectivity index (χ1v) is 10.6. The van der Waals surface area contributed by atoms with Gasteiger partial charge in [-0.25, -0.2) is 19.4 Å². The number of hydrogen-bond acceptors (Lipinski definition) is 6. The fourth-order valence-electron chi connectivity index (χ4n) is 3.21. The van der Waals surface area contributed by atoms with Gasteiger partial charge in [-0.15, -0.1) is 0 Å². The molecule has 4 amide bonds. The lowest BCUT2D eigenvalue weighted by molar-refractivity contribution is 0.120. The van der Waals surface area contributed by atoms with E-state index in [1.807, 2.05) is 31.2 Å². The van der Waals surface area contributed by atoms with Crippen LogP contribution in [0.4, 0.5) is 20.2 Å². The number of carboxylic acid groups (broad SMARTS) is 1. The van der Waals surface area contributed by atoms with Gasteiger partial charge in [0.15, 0.2) is 0 Å². The van der Waals surface area contributed by atoms with Crippen LogP contribution in [0.2, 0.25) is 0 Å². The van der Waals surface area contributed by atoms with Crippen molar-refractivity contribution in [1.82, 2.24) is 25.5 Å². The SMILES string of the molecule is CCNC(=O)Nc1cc2c(-c3ccncc3)ccc(CNC(=O)OCCN(C)C(=O)O)c2cn1. The Bertz CT molecular complexity index is 1170. The molecule has 178 valence electrons. The topological polar surface area (TPSA) is 146 Å². The molecule has 0 aliphatic heterocycles. The lowest BCUT2D eigenvalue weighted by Gasteiger charge is -2.15. The van der Waals surface area contributed by atoms with Gasteiger partial charge in [-0.05, 0) is 47.2 Å². The van der Waals surface area contributed by atoms with Crippen molar-refractivity contribution in [3.8, 4) is 11.1 Å². The van der Waals surface area contributed by atoms with Crippen LogP contribution in [0.15, 0.2) is 48.9 Å². The molecule has 0 saturated carbocycles. The van der Waals surface area contributed by atoms with E-state index in [9.17, 15) is 14.4 Å². The summed E-state index contributed by atoms with van der Waals surface area (Å²) < 4.78 is 5.04. The third-order valence-corrected chi connectivity index (χ3v) is 4.97. The number of carbonyl (C=O) groups is 3. The maximum atomic E-state index is 12.1. The van der Waals surface area contributed by atoms with Crippen LogP contribution in [0.1, 0.15) is 12.5 Å². The molecule has 0 saturated heterocycles. The fraction of sp³-hybridized carbons (Fsp3) is 0.261. The van der Waals surface area contributed by atoms with Gasteiger partial charge in [-0.3, -0.25) is 10.3 Å². The van der Waals surface area contributed by atoms with Gasteiger partial charge in [0.05, 0.1) is 6.54 Å². The van der Waals surface area contributed by atoms with Gasteiger partial charge in [0.2, 0.25) is 0 Å². The van der Waals surface area contributed by atoms with Crippen LogP contribution in [0.25, 0.3) is 21.9 Å². The Morgan fingerprint density at radius 2 is 1.85 bits per heavy atom. The summed E-state index contributed by atoms with van der Waals surface area (Å²) in [6.07, 6.45) is 3.28. The number of alkyl carbamates (subject to hydrolysis) is 1. The van der Waals surface area contributed by atoms with Crippen molar-refractivity contribution in [3.63, 3.8) is 0 Å². The second-order valence-electron chi connectivity index (χ2n) is 7.30. The van der Waals surface area contributed by atoms with Crippen LogP contribution >= 0.6 is 0 Å². The average Bonchev–Trinajstić information content (AvgIpc) is 2.83. The first-order chi connectivity index (χ1) is 16.4. The molecule has 1 aromatic carbocycles. The molecule has 0 spiro atoms. The van der Waals surface area contributed by atoms with Crippen LogP contribution in [0.5, 0.6) is 0 Å². The second kappa shape index (κ2) is 11.5. The van der Waals surface area contributed by atoms with Gasteiger partial charge in [-0.1, -0.05) is 12.1 Å². The van der Waals surface area contributed by atoms with Gasteiger partial charge in [-0.2, -0.15) is 0 Å². The average molecular weight is 466 g/mol. The molecule has 0 atom stereocenters. The number of amides is 4. The summed E-state index contributed by atoms with van der Waals surface area (Å²) in [4.78, 5) is 44.2. The van der Waals surface area contributed by atoms with E-state index >= 15 is 0 Å². The number of rotatable bonds is 8. The summed E-state index contributed by atoms with van der Waals surface area (Å²) in [6, 6.07) is 9.01. The number of urea groups is 1. The Hall–Kier alpha value is -4.41. The highest BCUT2D eigenvalue weighted by atomic mass is 16.5. The minimum absolute atomic E-state index is 0.0627. The summed E-state index contributed by atoms with van der Waals surface area (Å²) in [7, 11) is 1.39. The molecule has 2 aromatic heterocycles. The highest BCUT2D eigenvalue weighted by Crippen LogP contribution is 2.31. The molecule has 4 N–H and O–H groups in total. The number of aromatic nitrogens is 2. The molecule has 0 aliphatic carbocycles. The number of nitrogens with one attached hydrogen (secondary N) is 3. The predicted molar refractivity (Wildman–Crippen MR) is 127 cm³/mol. The molecule has 2 heterocycles. The van der Waals surface area contributed by atoms with E-state index in [1.54, 1.807) is 24.7 Å². The van der Waals surface area contributed by atoms with Crippen molar-refractivity contribution >= 4 is 34.8 Å². The normalized spacial score (nSPS) is 10.4. The molecule has 3 rings (SSSR count). The van der Waals surface area contributed by atoms with Gasteiger partial charge in [0.25, 0.3) is 0 Å². The minimum atomic E-state index is -1.10. The Labute approximate surface area is 196 Å². The quantitative estimate of drug-likeness (QED) is 0.398. The van der Waals surface area contributed by atoms with E-state index in [2.05, 4.69) is 25.9 Å². The molecule has 3 aromatic rings. The van der Waals surface area contributed by atoms with Crippen molar-refractivity contribution in [3.05, 3.63) is 54.5 Å². The standard InChI is InChI=1S/C23H26N6O5/c1-3-25-21(30)28-20-12-18-17(15-6-8-24-9-7-15)5-4-16(19(18)14-26-20)13-27-22(31)34-11-10-29(2)23(32)33/h4-9,12,14H,3,10-11,13H2,1-2H3,(H,27,31)(H,32,33)(H2,25,26,28,30). The van der Waals surface area contributed by atoms with Crippen LogP contribution < -0.4 is 16.0 Å². The lowest BCUT2D eigenvalue weighted by Crippen LogP contribution is -2.31. The zero-order chi connectivity index (χ0) is 24.5. The highest BCUT2D eigenvalue weighted by molar-refractivity contribution is 6.00. The van der Waals surface area contributed by atoms with Gasteiger partial charge < -0.3 is 25.4 Å². The van der Waals surface area contributed by atoms with Crippen LogP contribution in [0.3, 0.4) is 0 Å². The van der Waals surface area contributed by atoms with E-state index in [0.717, 1.165) is 32.4 Å². The maximum Gasteiger partial charge on any atom is 0.407 e. The van der Waals surface area contributed by atoms with Crippen molar-refractivity contribution in [2.75, 3.05) is 32.1 Å². The van der Waals surface area contributed by atoms with E-state index in [4.69, 9.17) is 9.84 Å². The molecular formula is C23H26N6O5. The summed E-state index contributed by atoms with van der Waals surface area (Å²) in [5.41, 5.74) is 2.66. The molecular weight excluding hydrogens is 440 g/mol. The summed E-state index contributed by atoms with van der Waals surface area (Å²) in [5, 5.41) is 18.5. The minimum Gasteiger partial charge on any atom is -0.465 e. The molecule has 0 unspecified atom stereocenters. The number of pyridine rings is 2. The third-order valence-electron chi connectivity index (χ3n) is 4.97. The van der Waals surface area contributed by atoms with Gasteiger partial charge in [0, 0.05) is 44.1 Å². The van der Waals surface area contributed by atoms with Crippen molar-refractivity contribution in [2.45, 2.75) is 13.5 Å². The largest absolute Gasteiger partial charge is 0.465 e. The monoisotopic (exact) mass is 466 g/mol. The molecule has 11 heteroatoms. The zero-order valence-electron chi connectivity index (χ0n) is 18.9. The molecule has 34 heavy (non-hydrogen) atoms. The highest BCUT2D eigenvalue weighted by Gasteiger charge is 2.13. The third kappa shape index (κ3) is 6.31. The van der Waals surface area contributed by atoms with E-state index in [-0.39, 0.29) is 25.7 Å². The van der Waals surface area contributed by atoms with E-state index < -0.39 is 12.2 Å². The number of nitrogens with zero attached hydrogens (tertiary/aromatic N) is 3. The first-order valence-electron chi connectivity index (χ1n) is 10.6. The number of carbonyl (C=O) groups excluding carboxylic acids is 2. The second-order valence-corrected chi connectivity index (χ2v) is 7.30. The van der Waals surface area contributed by atoms with Crippen molar-refractivity contribution < 1.29 is 24.2 Å². The fourth-order valence-corrected chi connectivity index (χ4v) is 3.21. The van der Waals surface area contributed by atoms with Crippen LogP contribution in [-0.4, -0.2) is 64.9 Å². The Balaban J connectivity index is 1.81. The smallest absolute Gasteiger partial charge is 0.407 e. The Morgan fingerprint density at radius 3 is 2.56 bits per heavy atom. The molecule has 0 aliphatic rings. The van der Waals surface area contributed by atoms with E-state index in [0.29, 0.717) is 12.4 Å². The van der Waals surface area contributed by atoms with Crippen LogP contribution in [0, 0.1) is 0 Å². The number of benzene rings is 1. The number of anilines is 1. The van der Waals surface area contributed by atoms with Crippen LogP contribution in [-0.2, 0) is 11.3 Å². The number of hydrogen-bond donors (Lipinski definition) is 4. The van der Waals surface area contributed by atoms with E-state index in [1.165, 1.54) is 7.05 Å². The summed E-state index contributed by atoms with van der Waals surface area (Å²) in [5.74, 6) is 0.390. The van der Waals surface area contributed by atoms with Crippen molar-refractivity contribution in [1.29, 1.82) is 0 Å². The maximum absolute atomic E-state index is 12.1. The first kappa shape index (κ1) is 24.2. The summed E-state index contributed by atoms with van der Waals surface area (Å²) in [6.45, 7) is 2.49. The number of ether oxygens (including phenoxy) is 1. The molecule has 0 radical (unpaired) electrons. The number of fused-ring (bicyclic) bond motifs is 1. The Kier molecular flexibility index (Phi) is 8.16. The number of likely N-dealkylation sites (N-methyl/N-ethyl adjacent to an activating group) is 1. The van der Waals surface area contributed by atoms with Gasteiger partial charge in [0.1, 0.15) is 12.4 Å². The van der Waals surface area contributed by atoms with Gasteiger partial charge >= 0.3 is 18.2 Å². The lowest BCUT2D eigenvalue weighted by atomic mass is 9.96. The molecule has 11 nitrogen and oxygen atoms in total.